The van der Waals surface area contributed by atoms with E-state index in [4.69, 9.17) is 9.47 Å². The number of benzene rings is 1. The second-order valence-corrected chi connectivity index (χ2v) is 7.61. The number of nitrogens with zero attached hydrogens (tertiary/aromatic N) is 1. The van der Waals surface area contributed by atoms with Crippen molar-refractivity contribution in [3.05, 3.63) is 23.8 Å². The summed E-state index contributed by atoms with van der Waals surface area (Å²) in [5.41, 5.74) is 0.105. The minimum atomic E-state index is -0.800. The van der Waals surface area contributed by atoms with E-state index in [0.29, 0.717) is 54.9 Å². The summed E-state index contributed by atoms with van der Waals surface area (Å²) in [5.74, 6) is 1.33. The van der Waals surface area contributed by atoms with Crippen LogP contribution in [0.3, 0.4) is 0 Å². The average Bonchev–Trinajstić information content (AvgIpc) is 2.61. The van der Waals surface area contributed by atoms with Crippen LogP contribution in [-0.2, 0) is 9.53 Å². The zero-order valence-electron chi connectivity index (χ0n) is 16.3. The number of anilines is 1. The van der Waals surface area contributed by atoms with Crippen LogP contribution in [0.4, 0.5) is 5.69 Å². The van der Waals surface area contributed by atoms with Gasteiger partial charge in [0.1, 0.15) is 17.4 Å². The van der Waals surface area contributed by atoms with Crippen LogP contribution < -0.4 is 10.1 Å². The van der Waals surface area contributed by atoms with Gasteiger partial charge in [-0.25, -0.2) is 0 Å². The maximum Gasteiger partial charge on any atom is 0.256 e. The number of ether oxygens (including phenoxy) is 2. The number of carbonyl (C=O) groups is 1. The number of carbonyl (C=O) groups excluding carboxylic acids is 1. The van der Waals surface area contributed by atoms with Crippen LogP contribution in [0.5, 0.6) is 5.75 Å². The molecule has 5 heteroatoms. The Hall–Kier alpha value is -2.06. The number of nitriles is 1. The van der Waals surface area contributed by atoms with E-state index in [-0.39, 0.29) is 5.91 Å². The van der Waals surface area contributed by atoms with E-state index in [1.807, 2.05) is 6.92 Å². The molecule has 0 radical (unpaired) electrons. The summed E-state index contributed by atoms with van der Waals surface area (Å²) < 4.78 is 11.6. The van der Waals surface area contributed by atoms with E-state index in [2.05, 4.69) is 32.2 Å². The molecule has 0 aromatic heterocycles. The molecule has 0 unspecified atom stereocenters. The maximum atomic E-state index is 13.0. The Labute approximate surface area is 156 Å². The van der Waals surface area contributed by atoms with Gasteiger partial charge in [0.2, 0.25) is 0 Å². The molecule has 5 nitrogen and oxygen atoms in total. The van der Waals surface area contributed by atoms with Gasteiger partial charge in [0.15, 0.2) is 0 Å². The zero-order valence-corrected chi connectivity index (χ0v) is 16.3. The second kappa shape index (κ2) is 9.05. The van der Waals surface area contributed by atoms with Crippen molar-refractivity contribution in [1.82, 2.24) is 0 Å². The van der Waals surface area contributed by atoms with Crippen molar-refractivity contribution in [3.8, 4) is 11.8 Å². The fourth-order valence-corrected chi connectivity index (χ4v) is 3.50. The van der Waals surface area contributed by atoms with Crippen LogP contribution in [-0.4, -0.2) is 24.7 Å². The van der Waals surface area contributed by atoms with Gasteiger partial charge in [-0.1, -0.05) is 27.2 Å². The van der Waals surface area contributed by atoms with Gasteiger partial charge in [-0.05, 0) is 56.2 Å². The quantitative estimate of drug-likeness (QED) is 0.778. The van der Waals surface area contributed by atoms with Crippen molar-refractivity contribution in [2.75, 3.05) is 18.5 Å². The van der Waals surface area contributed by atoms with Gasteiger partial charge in [0.05, 0.1) is 17.9 Å². The van der Waals surface area contributed by atoms with Crippen molar-refractivity contribution in [2.45, 2.75) is 59.0 Å². The first-order valence-corrected chi connectivity index (χ1v) is 9.52. The Morgan fingerprint density at radius 1 is 1.46 bits per heavy atom. The first kappa shape index (κ1) is 20.3. The molecule has 2 atom stereocenters. The number of amides is 1. The third-order valence-electron chi connectivity index (χ3n) is 4.73. The third-order valence-corrected chi connectivity index (χ3v) is 4.73. The van der Waals surface area contributed by atoms with E-state index >= 15 is 0 Å². The Bertz CT molecular complexity index is 662. The predicted octanol–water partition coefficient (Wildman–Crippen LogP) is 4.52. The molecule has 1 aromatic rings. The van der Waals surface area contributed by atoms with Crippen LogP contribution in [0, 0.1) is 23.2 Å². The molecular formula is C21H30N2O3. The van der Waals surface area contributed by atoms with Crippen molar-refractivity contribution in [1.29, 1.82) is 5.26 Å². The molecule has 1 aliphatic rings. The normalized spacial score (nSPS) is 22.7. The van der Waals surface area contributed by atoms with Crippen molar-refractivity contribution in [3.63, 3.8) is 0 Å². The first-order chi connectivity index (χ1) is 12.4. The van der Waals surface area contributed by atoms with Crippen LogP contribution in [0.1, 0.15) is 58.9 Å². The molecular weight excluding hydrogens is 328 g/mol. The highest BCUT2D eigenvalue weighted by atomic mass is 16.5. The fourth-order valence-electron chi connectivity index (χ4n) is 3.50. The van der Waals surface area contributed by atoms with E-state index in [1.54, 1.807) is 18.2 Å². The Morgan fingerprint density at radius 3 is 2.85 bits per heavy atom. The number of rotatable bonds is 7. The van der Waals surface area contributed by atoms with Crippen LogP contribution in [0.15, 0.2) is 18.2 Å². The molecule has 2 rings (SSSR count). The molecule has 1 aliphatic carbocycles. The largest absolute Gasteiger partial charge is 0.493 e. The predicted molar refractivity (Wildman–Crippen MR) is 102 cm³/mol. The van der Waals surface area contributed by atoms with Crippen LogP contribution >= 0.6 is 0 Å². The van der Waals surface area contributed by atoms with Gasteiger partial charge in [-0.3, -0.25) is 4.79 Å². The highest BCUT2D eigenvalue weighted by Crippen LogP contribution is 2.36. The van der Waals surface area contributed by atoms with Gasteiger partial charge in [-0.2, -0.15) is 5.26 Å². The lowest BCUT2D eigenvalue weighted by Gasteiger charge is -2.38. The summed E-state index contributed by atoms with van der Waals surface area (Å²) in [7, 11) is 0. The molecule has 1 aromatic carbocycles. The molecule has 0 bridgehead atoms. The molecule has 0 heterocycles. The zero-order chi connectivity index (χ0) is 19.2. The van der Waals surface area contributed by atoms with Gasteiger partial charge in [0, 0.05) is 6.61 Å². The minimum absolute atomic E-state index is 0.154. The molecule has 26 heavy (non-hydrogen) atoms. The number of nitrogens with one attached hydrogen (secondary N) is 1. The van der Waals surface area contributed by atoms with Crippen LogP contribution in [0.2, 0.25) is 0 Å². The lowest BCUT2D eigenvalue weighted by Crippen LogP contribution is -2.48. The highest BCUT2D eigenvalue weighted by molar-refractivity contribution is 5.98. The van der Waals surface area contributed by atoms with Gasteiger partial charge in [-0.15, -0.1) is 0 Å². The SMILES string of the molecule is CCO[C@]1(C(=O)Nc2ccc(OCC(C)C)cc2C#N)CCC[C@H](C)C1. The lowest BCUT2D eigenvalue weighted by molar-refractivity contribution is -0.147. The average molecular weight is 358 g/mol. The van der Waals surface area contributed by atoms with Crippen molar-refractivity contribution >= 4 is 11.6 Å². The molecule has 1 fully saturated rings. The summed E-state index contributed by atoms with van der Waals surface area (Å²) in [5, 5.41) is 12.4. The Balaban J connectivity index is 2.17. The Kier molecular flexibility index (Phi) is 7.05. The molecule has 0 saturated heterocycles. The molecule has 0 spiro atoms. The van der Waals surface area contributed by atoms with Gasteiger partial charge >= 0.3 is 0 Å². The molecule has 0 aliphatic heterocycles. The molecule has 1 N–H and O–H groups in total. The van der Waals surface area contributed by atoms with E-state index in [9.17, 15) is 10.1 Å². The van der Waals surface area contributed by atoms with Crippen molar-refractivity contribution in [2.24, 2.45) is 11.8 Å². The van der Waals surface area contributed by atoms with E-state index in [1.165, 1.54) is 0 Å². The summed E-state index contributed by atoms with van der Waals surface area (Å²) in [6.45, 7) is 9.28. The minimum Gasteiger partial charge on any atom is -0.493 e. The first-order valence-electron chi connectivity index (χ1n) is 9.52. The summed E-state index contributed by atoms with van der Waals surface area (Å²) >= 11 is 0. The Morgan fingerprint density at radius 2 is 2.23 bits per heavy atom. The maximum absolute atomic E-state index is 13.0. The number of hydrogen-bond acceptors (Lipinski definition) is 4. The van der Waals surface area contributed by atoms with Crippen molar-refractivity contribution < 1.29 is 14.3 Å². The fraction of sp³-hybridized carbons (Fsp3) is 0.619. The summed E-state index contributed by atoms with van der Waals surface area (Å²) in [6.07, 6.45) is 3.52. The highest BCUT2D eigenvalue weighted by Gasteiger charge is 2.42. The van der Waals surface area contributed by atoms with E-state index in [0.717, 1.165) is 12.8 Å². The lowest BCUT2D eigenvalue weighted by atomic mass is 9.78. The summed E-state index contributed by atoms with van der Waals surface area (Å²) in [6, 6.07) is 7.35. The monoisotopic (exact) mass is 358 g/mol. The molecule has 1 saturated carbocycles. The molecule has 1 amide bonds. The number of hydrogen-bond donors (Lipinski definition) is 1. The topological polar surface area (TPSA) is 71.3 Å². The van der Waals surface area contributed by atoms with Gasteiger partial charge in [0.25, 0.3) is 5.91 Å². The smallest absolute Gasteiger partial charge is 0.256 e. The van der Waals surface area contributed by atoms with Gasteiger partial charge < -0.3 is 14.8 Å². The second-order valence-electron chi connectivity index (χ2n) is 7.61. The van der Waals surface area contributed by atoms with E-state index < -0.39 is 5.60 Å². The third kappa shape index (κ3) is 4.98. The summed E-state index contributed by atoms with van der Waals surface area (Å²) in [4.78, 5) is 13.0. The standard InChI is InChI=1S/C21H30N2O3/c1-5-26-21(10-6-7-16(4)12-21)20(24)23-19-9-8-18(11-17(19)13-22)25-14-15(2)3/h8-9,11,15-16H,5-7,10,12,14H2,1-4H3,(H,23,24)/t16-,21+/m0/s1. The van der Waals surface area contributed by atoms with Crippen LogP contribution in [0.25, 0.3) is 0 Å². The molecule has 142 valence electrons.